The molecule has 1 aliphatic rings. The smallest absolute Gasteiger partial charge is 0.122 e. The highest BCUT2D eigenvalue weighted by Gasteiger charge is 2.29. The summed E-state index contributed by atoms with van der Waals surface area (Å²) in [6.45, 7) is 6.79. The molecular formula is C14H22N2O. The van der Waals surface area contributed by atoms with Crippen LogP contribution in [0.15, 0.2) is 24.3 Å². The molecule has 0 amide bonds. The number of nitrogens with two attached hydrogens (primary N) is 1. The zero-order chi connectivity index (χ0) is 12.5. The second kappa shape index (κ2) is 4.67. The van der Waals surface area contributed by atoms with E-state index in [2.05, 4.69) is 37.9 Å². The summed E-state index contributed by atoms with van der Waals surface area (Å²) in [5.74, 6) is 1.50. The number of ether oxygens (including phenoxy) is 1. The van der Waals surface area contributed by atoms with Crippen molar-refractivity contribution in [3.8, 4) is 5.75 Å². The maximum absolute atomic E-state index is 5.80. The van der Waals surface area contributed by atoms with Crippen molar-refractivity contribution in [2.75, 3.05) is 26.7 Å². The third kappa shape index (κ3) is 2.45. The van der Waals surface area contributed by atoms with Crippen molar-refractivity contribution in [2.24, 2.45) is 5.73 Å². The Labute approximate surface area is 104 Å². The maximum atomic E-state index is 5.80. The van der Waals surface area contributed by atoms with Crippen LogP contribution in [0.3, 0.4) is 0 Å². The van der Waals surface area contributed by atoms with Crippen LogP contribution in [-0.2, 0) is 0 Å². The minimum atomic E-state index is 0.0392. The first-order valence-electron chi connectivity index (χ1n) is 6.17. The normalized spacial score (nSPS) is 19.2. The molecular weight excluding hydrogens is 212 g/mol. The predicted octanol–water partition coefficient (Wildman–Crippen LogP) is 1.83. The Bertz CT molecular complexity index is 390. The van der Waals surface area contributed by atoms with Crippen molar-refractivity contribution < 1.29 is 4.74 Å². The number of nitrogens with zero attached hydrogens (tertiary/aromatic N) is 1. The Morgan fingerprint density at radius 1 is 1.41 bits per heavy atom. The molecule has 1 aromatic rings. The second-order valence-electron chi connectivity index (χ2n) is 5.44. The summed E-state index contributed by atoms with van der Waals surface area (Å²) in [4.78, 5) is 2.32. The van der Waals surface area contributed by atoms with Gasteiger partial charge in [0.1, 0.15) is 5.75 Å². The first-order chi connectivity index (χ1) is 8.04. The fourth-order valence-corrected chi connectivity index (χ4v) is 2.11. The lowest BCUT2D eigenvalue weighted by molar-refractivity contribution is 0.147. The summed E-state index contributed by atoms with van der Waals surface area (Å²) >= 11 is 0. The van der Waals surface area contributed by atoms with Crippen LogP contribution in [0.25, 0.3) is 0 Å². The van der Waals surface area contributed by atoms with E-state index in [1.807, 2.05) is 12.1 Å². The van der Waals surface area contributed by atoms with Gasteiger partial charge >= 0.3 is 0 Å². The van der Waals surface area contributed by atoms with Gasteiger partial charge in [0, 0.05) is 30.1 Å². The van der Waals surface area contributed by atoms with Crippen LogP contribution in [-0.4, -0.2) is 37.2 Å². The predicted molar refractivity (Wildman–Crippen MR) is 70.4 cm³/mol. The van der Waals surface area contributed by atoms with Gasteiger partial charge < -0.3 is 10.5 Å². The van der Waals surface area contributed by atoms with E-state index in [9.17, 15) is 0 Å². The molecule has 0 saturated heterocycles. The molecule has 3 heteroatoms. The highest BCUT2D eigenvalue weighted by molar-refractivity contribution is 5.39. The van der Waals surface area contributed by atoms with Gasteiger partial charge in [-0.2, -0.15) is 0 Å². The molecule has 0 aromatic heterocycles. The average Bonchev–Trinajstić information content (AvgIpc) is 2.73. The standard InChI is InChI=1S/C14H22N2O/c1-14(2,10-15)16(3)8-11-9-17-13-7-5-4-6-12(11)13/h4-7,11H,8-10,15H2,1-3H3. The number of hydrogen-bond donors (Lipinski definition) is 1. The lowest BCUT2D eigenvalue weighted by atomic mass is 9.97. The number of benzene rings is 1. The SMILES string of the molecule is CN(CC1COc2ccccc21)C(C)(C)CN. The van der Waals surface area contributed by atoms with Crippen molar-refractivity contribution >= 4 is 0 Å². The fourth-order valence-electron chi connectivity index (χ4n) is 2.11. The molecule has 1 atom stereocenters. The minimum Gasteiger partial charge on any atom is -0.493 e. The molecule has 0 bridgehead atoms. The van der Waals surface area contributed by atoms with E-state index in [4.69, 9.17) is 10.5 Å². The number of hydrogen-bond acceptors (Lipinski definition) is 3. The van der Waals surface area contributed by atoms with Crippen molar-refractivity contribution in [1.82, 2.24) is 4.90 Å². The summed E-state index contributed by atoms with van der Waals surface area (Å²) in [5, 5.41) is 0. The molecule has 1 aliphatic heterocycles. The molecule has 1 heterocycles. The summed E-state index contributed by atoms with van der Waals surface area (Å²) in [6.07, 6.45) is 0. The molecule has 0 fully saturated rings. The van der Waals surface area contributed by atoms with Crippen LogP contribution in [0.2, 0.25) is 0 Å². The van der Waals surface area contributed by atoms with E-state index in [-0.39, 0.29) is 5.54 Å². The average molecular weight is 234 g/mol. The Morgan fingerprint density at radius 3 is 2.82 bits per heavy atom. The molecule has 3 nitrogen and oxygen atoms in total. The molecule has 1 aromatic carbocycles. The Kier molecular flexibility index (Phi) is 3.40. The van der Waals surface area contributed by atoms with Crippen molar-refractivity contribution in [2.45, 2.75) is 25.3 Å². The summed E-state index contributed by atoms with van der Waals surface area (Å²) in [5.41, 5.74) is 7.17. The van der Waals surface area contributed by atoms with Crippen LogP contribution in [0, 0.1) is 0 Å². The summed E-state index contributed by atoms with van der Waals surface area (Å²) in [6, 6.07) is 8.31. The van der Waals surface area contributed by atoms with Gasteiger partial charge in [-0.3, -0.25) is 4.90 Å². The zero-order valence-corrected chi connectivity index (χ0v) is 10.9. The fraction of sp³-hybridized carbons (Fsp3) is 0.571. The van der Waals surface area contributed by atoms with E-state index in [1.54, 1.807) is 0 Å². The van der Waals surface area contributed by atoms with Crippen LogP contribution < -0.4 is 10.5 Å². The van der Waals surface area contributed by atoms with Gasteiger partial charge in [-0.1, -0.05) is 18.2 Å². The molecule has 2 N–H and O–H groups in total. The number of para-hydroxylation sites is 1. The van der Waals surface area contributed by atoms with E-state index in [0.29, 0.717) is 12.5 Å². The van der Waals surface area contributed by atoms with E-state index < -0.39 is 0 Å². The van der Waals surface area contributed by atoms with Gasteiger partial charge in [-0.05, 0) is 27.0 Å². The van der Waals surface area contributed by atoms with Crippen molar-refractivity contribution in [3.05, 3.63) is 29.8 Å². The van der Waals surface area contributed by atoms with Crippen molar-refractivity contribution in [1.29, 1.82) is 0 Å². The third-order valence-electron chi connectivity index (χ3n) is 3.83. The number of fused-ring (bicyclic) bond motifs is 1. The second-order valence-corrected chi connectivity index (χ2v) is 5.44. The maximum Gasteiger partial charge on any atom is 0.122 e. The van der Waals surface area contributed by atoms with Gasteiger partial charge in [0.2, 0.25) is 0 Å². The quantitative estimate of drug-likeness (QED) is 0.864. The highest BCUT2D eigenvalue weighted by Crippen LogP contribution is 2.34. The first kappa shape index (κ1) is 12.4. The van der Waals surface area contributed by atoms with E-state index in [0.717, 1.165) is 18.9 Å². The molecule has 0 radical (unpaired) electrons. The molecule has 17 heavy (non-hydrogen) atoms. The topological polar surface area (TPSA) is 38.5 Å². The monoisotopic (exact) mass is 234 g/mol. The van der Waals surface area contributed by atoms with E-state index in [1.165, 1.54) is 5.56 Å². The molecule has 0 saturated carbocycles. The van der Waals surface area contributed by atoms with Gasteiger partial charge in [-0.15, -0.1) is 0 Å². The summed E-state index contributed by atoms with van der Waals surface area (Å²) < 4.78 is 5.70. The number of likely N-dealkylation sites (N-methyl/N-ethyl adjacent to an activating group) is 1. The largest absolute Gasteiger partial charge is 0.493 e. The lowest BCUT2D eigenvalue weighted by Crippen LogP contribution is -2.48. The van der Waals surface area contributed by atoms with Crippen LogP contribution in [0.1, 0.15) is 25.3 Å². The van der Waals surface area contributed by atoms with Gasteiger partial charge in [0.25, 0.3) is 0 Å². The lowest BCUT2D eigenvalue weighted by Gasteiger charge is -2.35. The molecule has 0 spiro atoms. The zero-order valence-electron chi connectivity index (χ0n) is 10.9. The van der Waals surface area contributed by atoms with Crippen LogP contribution >= 0.6 is 0 Å². The Balaban J connectivity index is 2.07. The Hall–Kier alpha value is -1.06. The molecule has 1 unspecified atom stereocenters. The van der Waals surface area contributed by atoms with Crippen molar-refractivity contribution in [3.63, 3.8) is 0 Å². The van der Waals surface area contributed by atoms with Crippen LogP contribution in [0.4, 0.5) is 0 Å². The summed E-state index contributed by atoms with van der Waals surface area (Å²) in [7, 11) is 2.13. The molecule has 0 aliphatic carbocycles. The van der Waals surface area contributed by atoms with E-state index >= 15 is 0 Å². The van der Waals surface area contributed by atoms with Crippen LogP contribution in [0.5, 0.6) is 5.75 Å². The molecule has 94 valence electrons. The number of rotatable bonds is 4. The first-order valence-corrected chi connectivity index (χ1v) is 6.17. The van der Waals surface area contributed by atoms with Gasteiger partial charge in [-0.25, -0.2) is 0 Å². The third-order valence-corrected chi connectivity index (χ3v) is 3.83. The Morgan fingerprint density at radius 2 is 2.12 bits per heavy atom. The highest BCUT2D eigenvalue weighted by atomic mass is 16.5. The minimum absolute atomic E-state index is 0.0392. The molecule has 2 rings (SSSR count). The van der Waals surface area contributed by atoms with Gasteiger partial charge in [0.05, 0.1) is 6.61 Å². The van der Waals surface area contributed by atoms with Gasteiger partial charge in [0.15, 0.2) is 0 Å².